The second kappa shape index (κ2) is 18.7. The molecule has 2 aliphatic carbocycles. The minimum atomic E-state index is 0.0776. The zero-order valence-corrected chi connectivity index (χ0v) is 47.2. The van der Waals surface area contributed by atoms with E-state index < -0.39 is 0 Å². The summed E-state index contributed by atoms with van der Waals surface area (Å²) in [6.45, 7) is 32.0. The van der Waals surface area contributed by atoms with Crippen LogP contribution in [0.4, 0.5) is 0 Å². The van der Waals surface area contributed by atoms with Gasteiger partial charge in [-0.25, -0.2) is 0 Å². The highest BCUT2D eigenvalue weighted by Crippen LogP contribution is 2.47. The summed E-state index contributed by atoms with van der Waals surface area (Å²) in [5, 5.41) is 12.2. The van der Waals surface area contributed by atoms with Crippen molar-refractivity contribution < 1.29 is 0 Å². The molecule has 11 rings (SSSR count). The van der Waals surface area contributed by atoms with Gasteiger partial charge in [-0.3, -0.25) is 0 Å². The average molecular weight is 989 g/mol. The lowest BCUT2D eigenvalue weighted by Gasteiger charge is -2.38. The summed E-state index contributed by atoms with van der Waals surface area (Å²) in [7, 11) is 0. The third-order valence-corrected chi connectivity index (χ3v) is 17.1. The van der Waals surface area contributed by atoms with Crippen LogP contribution < -0.4 is 20.9 Å². The summed E-state index contributed by atoms with van der Waals surface area (Å²) in [5.74, 6) is 2.69. The summed E-state index contributed by atoms with van der Waals surface area (Å²) >= 11 is 1.87. The Balaban J connectivity index is 1.07. The maximum Gasteiger partial charge on any atom is 0.0976 e. The van der Waals surface area contributed by atoms with Crippen LogP contribution in [0.5, 0.6) is 0 Å². The summed E-state index contributed by atoms with van der Waals surface area (Å²) < 4.78 is 2.53. The maximum atomic E-state index is 4.05. The van der Waals surface area contributed by atoms with Crippen molar-refractivity contribution in [1.82, 2.24) is 0 Å². The molecular weight excluding hydrogens is 921 g/mol. The van der Waals surface area contributed by atoms with Gasteiger partial charge in [0.1, 0.15) is 0 Å². The largest absolute Gasteiger partial charge is 0.135 e. The van der Waals surface area contributed by atoms with Gasteiger partial charge in [-0.1, -0.05) is 194 Å². The van der Waals surface area contributed by atoms with E-state index in [0.717, 1.165) is 21.2 Å². The lowest BCUT2D eigenvalue weighted by atomic mass is 9.70. The number of hydrogen-bond acceptors (Lipinski definition) is 1. The molecule has 0 bridgehead atoms. The Bertz CT molecular complexity index is 4270. The van der Waals surface area contributed by atoms with Gasteiger partial charge >= 0.3 is 0 Å². The molecule has 0 amide bonds. The van der Waals surface area contributed by atoms with Crippen LogP contribution in [-0.2, 0) is 5.41 Å². The van der Waals surface area contributed by atoms with Gasteiger partial charge in [-0.15, -0.1) is 22.8 Å². The van der Waals surface area contributed by atoms with Gasteiger partial charge in [0.15, 0.2) is 0 Å². The Morgan fingerprint density at radius 2 is 0.853 bits per heavy atom. The molecule has 0 unspecified atom stereocenters. The number of rotatable bonds is 1. The predicted molar refractivity (Wildman–Crippen MR) is 322 cm³/mol. The van der Waals surface area contributed by atoms with E-state index in [2.05, 4.69) is 266 Å². The van der Waals surface area contributed by atoms with Crippen LogP contribution in [0, 0.1) is 78.3 Å². The molecular formula is C74H68S. The monoisotopic (exact) mass is 989 g/mol. The van der Waals surface area contributed by atoms with Crippen LogP contribution in [0.1, 0.15) is 122 Å². The average Bonchev–Trinajstić information content (AvgIpc) is 3.87. The van der Waals surface area contributed by atoms with Crippen LogP contribution in [0.25, 0.3) is 44.2 Å². The summed E-state index contributed by atoms with van der Waals surface area (Å²) in [4.78, 5) is 0. The fraction of sp³-hybridized carbons (Fsp3) is 0.216. The second-order valence-electron chi connectivity index (χ2n) is 23.5. The Labute approximate surface area is 448 Å². The van der Waals surface area contributed by atoms with Gasteiger partial charge in [-0.2, -0.15) is 0 Å². The van der Waals surface area contributed by atoms with Crippen molar-refractivity contribution in [2.24, 2.45) is 5.41 Å². The molecule has 0 nitrogen and oxygen atoms in total. The normalized spacial score (nSPS) is 13.7. The molecule has 0 spiro atoms. The molecule has 1 heterocycles. The zero-order chi connectivity index (χ0) is 52.8. The first-order valence-corrected chi connectivity index (χ1v) is 27.6. The summed E-state index contributed by atoms with van der Waals surface area (Å²) in [6, 6.07) is 54.7. The third-order valence-electron chi connectivity index (χ3n) is 15.9. The van der Waals surface area contributed by atoms with Crippen molar-refractivity contribution in [2.45, 2.75) is 102 Å². The SMILES string of the molecule is CC1=C[C+](C(C)(C)C)C=C(C)C1=c1c2ccccc2c(=C=c2c(C)cc(=c3ccc(=c4cc(C)c(=C=C5c6ccccc6[C-](c6c(C)cc(C(C)(C)C)cc6C)c6ccccc65)c(C)c4)s3)cc2C)c2ccccc12. The van der Waals surface area contributed by atoms with E-state index in [1.807, 2.05) is 11.3 Å². The first-order valence-electron chi connectivity index (χ1n) is 26.7. The van der Waals surface area contributed by atoms with E-state index in [0.29, 0.717) is 0 Å². The molecule has 75 heavy (non-hydrogen) atoms. The van der Waals surface area contributed by atoms with E-state index >= 15 is 0 Å². The topological polar surface area (TPSA) is 0 Å². The van der Waals surface area contributed by atoms with Crippen LogP contribution >= 0.6 is 11.3 Å². The van der Waals surface area contributed by atoms with Crippen molar-refractivity contribution in [3.8, 4) is 0 Å². The molecule has 8 aromatic carbocycles. The Morgan fingerprint density at radius 3 is 1.29 bits per heavy atom. The van der Waals surface area contributed by atoms with E-state index in [1.165, 1.54) is 142 Å². The molecule has 0 saturated heterocycles. The second-order valence-corrected chi connectivity index (χ2v) is 24.6. The van der Waals surface area contributed by atoms with Crippen LogP contribution in [0.15, 0.2) is 169 Å². The highest BCUT2D eigenvalue weighted by molar-refractivity contribution is 7.08. The third kappa shape index (κ3) is 8.78. The number of aryl methyl sites for hydroxylation is 6. The molecule has 0 saturated carbocycles. The Kier molecular flexibility index (Phi) is 12.4. The molecule has 0 N–H and O–H groups in total. The predicted octanol–water partition coefficient (Wildman–Crippen LogP) is 16.0. The first kappa shape index (κ1) is 49.7. The molecule has 2 aliphatic rings. The standard InChI is InChI=1S/C74H68S/c1-43-33-51(34-44(2)63(43)41-65-55-23-15-19-27-59(55)71(60-28-20-16-24-56(60)65)69-47(5)37-53(38-48(69)6)73(9,10)11)67-31-32-68(75-67)52-35-45(3)64(46(4)36-52)42-66-57-25-17-21-29-61(57)72(62-30-22-18-26-58(62)66)70-49(7)39-54(40-50(70)8)74(12,13)14/h15-40H,1-14H3. The number of thiophene rings is 1. The van der Waals surface area contributed by atoms with E-state index in [4.69, 9.17) is 0 Å². The van der Waals surface area contributed by atoms with Crippen molar-refractivity contribution >= 4 is 55.5 Å². The minimum Gasteiger partial charge on any atom is -0.135 e. The number of allylic oxidation sites excluding steroid dienone is 4. The molecule has 0 atom stereocenters. The first-order chi connectivity index (χ1) is 35.8. The van der Waals surface area contributed by atoms with Crippen molar-refractivity contribution in [1.29, 1.82) is 0 Å². The fourth-order valence-corrected chi connectivity index (χ4v) is 13.1. The highest BCUT2D eigenvalue weighted by atomic mass is 32.1. The number of benzene rings is 8. The van der Waals surface area contributed by atoms with Crippen molar-refractivity contribution in [3.63, 3.8) is 0 Å². The molecule has 0 radical (unpaired) electrons. The molecule has 1 heteroatoms. The molecule has 0 fully saturated rings. The number of fused-ring (bicyclic) bond motifs is 4. The van der Waals surface area contributed by atoms with E-state index in [-0.39, 0.29) is 10.8 Å². The van der Waals surface area contributed by atoms with E-state index in [9.17, 15) is 0 Å². The Morgan fingerprint density at radius 1 is 0.440 bits per heavy atom. The highest BCUT2D eigenvalue weighted by Gasteiger charge is 2.33. The van der Waals surface area contributed by atoms with Crippen LogP contribution in [0.2, 0.25) is 0 Å². The van der Waals surface area contributed by atoms with Gasteiger partial charge < -0.3 is 0 Å². The van der Waals surface area contributed by atoms with E-state index in [1.54, 1.807) is 0 Å². The van der Waals surface area contributed by atoms with Crippen LogP contribution in [-0.4, -0.2) is 0 Å². The molecule has 0 aliphatic heterocycles. The summed E-state index contributed by atoms with van der Waals surface area (Å²) in [6.07, 6.45) is 4.80. The van der Waals surface area contributed by atoms with Gasteiger partial charge in [0.25, 0.3) is 0 Å². The molecule has 370 valence electrons. The van der Waals surface area contributed by atoms with Gasteiger partial charge in [0.2, 0.25) is 0 Å². The van der Waals surface area contributed by atoms with Crippen LogP contribution in [0.3, 0.4) is 0 Å². The van der Waals surface area contributed by atoms with Crippen molar-refractivity contribution in [3.05, 3.63) is 288 Å². The van der Waals surface area contributed by atoms with Gasteiger partial charge in [-0.05, 0) is 150 Å². The smallest absolute Gasteiger partial charge is 0.0976 e. The Hall–Kier alpha value is -7.50. The zero-order valence-electron chi connectivity index (χ0n) is 46.4. The van der Waals surface area contributed by atoms with Gasteiger partial charge in [0, 0.05) is 49.2 Å². The summed E-state index contributed by atoms with van der Waals surface area (Å²) in [5.41, 5.74) is 28.6. The van der Waals surface area contributed by atoms with Crippen molar-refractivity contribution in [2.75, 3.05) is 0 Å². The quantitative estimate of drug-likeness (QED) is 0.114. The molecule has 9 aromatic rings. The molecule has 1 aromatic heterocycles. The lowest BCUT2D eigenvalue weighted by molar-refractivity contribution is 0.472. The fourth-order valence-electron chi connectivity index (χ4n) is 12.2. The van der Waals surface area contributed by atoms with Gasteiger partial charge in [0.05, 0.1) is 34.8 Å². The minimum absolute atomic E-state index is 0.0776. The number of hydrogen-bond donors (Lipinski definition) is 0. The maximum absolute atomic E-state index is 4.05. The lowest BCUT2D eigenvalue weighted by Crippen LogP contribution is -2.22.